The van der Waals surface area contributed by atoms with E-state index in [1.54, 1.807) is 6.92 Å². The fourth-order valence-electron chi connectivity index (χ4n) is 0.849. The minimum Gasteiger partial charge on any atom is -0.477 e. The number of allylic oxidation sites excluding steroid dienone is 1. The molecular formula is C10H16O4. The van der Waals surface area contributed by atoms with E-state index in [9.17, 15) is 9.59 Å². The third-order valence-corrected chi connectivity index (χ3v) is 1.59. The second-order valence-corrected chi connectivity index (χ2v) is 2.82. The number of unbranched alkanes of at least 4 members (excludes halogenated alkanes) is 1. The minimum atomic E-state index is -1.23. The molecule has 0 fully saturated rings. The van der Waals surface area contributed by atoms with Crippen LogP contribution in [0.3, 0.4) is 0 Å². The van der Waals surface area contributed by atoms with Crippen molar-refractivity contribution in [2.24, 2.45) is 0 Å². The first-order valence-corrected chi connectivity index (χ1v) is 4.74. The standard InChI is InChI=1S/C10H16O4/c1-3-5-7-14-10(13)8(6-4-2)9(11)12/h6H,3-5,7H2,1-2H3,(H,11,12). The predicted octanol–water partition coefficient (Wildman–Crippen LogP) is 1.75. The Hall–Kier alpha value is -1.32. The van der Waals surface area contributed by atoms with Crippen LogP contribution in [0.5, 0.6) is 0 Å². The van der Waals surface area contributed by atoms with Gasteiger partial charge in [0.05, 0.1) is 6.61 Å². The summed E-state index contributed by atoms with van der Waals surface area (Å²) in [4.78, 5) is 21.8. The van der Waals surface area contributed by atoms with Crippen molar-refractivity contribution in [2.45, 2.75) is 33.1 Å². The van der Waals surface area contributed by atoms with E-state index >= 15 is 0 Å². The molecule has 14 heavy (non-hydrogen) atoms. The van der Waals surface area contributed by atoms with Gasteiger partial charge < -0.3 is 9.84 Å². The molecule has 0 saturated heterocycles. The van der Waals surface area contributed by atoms with Gasteiger partial charge >= 0.3 is 11.9 Å². The number of carbonyl (C=O) groups is 2. The summed E-state index contributed by atoms with van der Waals surface area (Å²) in [7, 11) is 0. The monoisotopic (exact) mass is 200 g/mol. The minimum absolute atomic E-state index is 0.274. The molecule has 0 amide bonds. The summed E-state index contributed by atoms with van der Waals surface area (Å²) in [6.45, 7) is 4.01. The fourth-order valence-corrected chi connectivity index (χ4v) is 0.849. The SMILES string of the molecule is CCC=C(C(=O)O)C(=O)OCCCC. The first kappa shape index (κ1) is 12.7. The number of ether oxygens (including phenoxy) is 1. The zero-order valence-corrected chi connectivity index (χ0v) is 8.58. The maximum absolute atomic E-state index is 11.2. The number of carboxylic acids is 1. The van der Waals surface area contributed by atoms with Gasteiger partial charge in [-0.15, -0.1) is 0 Å². The quantitative estimate of drug-likeness (QED) is 0.233. The van der Waals surface area contributed by atoms with Gasteiger partial charge in [0.2, 0.25) is 0 Å². The molecule has 0 aliphatic rings. The molecule has 0 aromatic carbocycles. The number of carboxylic acid groups (broad SMARTS) is 1. The Labute approximate surface area is 83.6 Å². The van der Waals surface area contributed by atoms with E-state index in [1.807, 2.05) is 6.92 Å². The zero-order chi connectivity index (χ0) is 11.0. The van der Waals surface area contributed by atoms with Crippen LogP contribution in [0.4, 0.5) is 0 Å². The largest absolute Gasteiger partial charge is 0.477 e. The highest BCUT2D eigenvalue weighted by molar-refractivity contribution is 6.13. The Bertz CT molecular complexity index is 230. The third kappa shape index (κ3) is 4.64. The Morgan fingerprint density at radius 2 is 2.00 bits per heavy atom. The van der Waals surface area contributed by atoms with Gasteiger partial charge in [0.25, 0.3) is 0 Å². The Morgan fingerprint density at radius 3 is 2.43 bits per heavy atom. The maximum Gasteiger partial charge on any atom is 0.345 e. The molecule has 0 radical (unpaired) electrons. The van der Waals surface area contributed by atoms with Crippen molar-refractivity contribution in [3.63, 3.8) is 0 Å². The highest BCUT2D eigenvalue weighted by atomic mass is 16.5. The molecule has 0 bridgehead atoms. The Kier molecular flexibility index (Phi) is 6.45. The smallest absolute Gasteiger partial charge is 0.345 e. The Morgan fingerprint density at radius 1 is 1.36 bits per heavy atom. The lowest BCUT2D eigenvalue weighted by Crippen LogP contribution is -2.16. The lowest BCUT2D eigenvalue weighted by Gasteiger charge is -2.03. The van der Waals surface area contributed by atoms with Crippen LogP contribution in [0, 0.1) is 0 Å². The van der Waals surface area contributed by atoms with Gasteiger partial charge in [0.1, 0.15) is 5.57 Å². The molecule has 0 aromatic heterocycles. The lowest BCUT2D eigenvalue weighted by atomic mass is 10.2. The number of hydrogen-bond acceptors (Lipinski definition) is 3. The van der Waals surface area contributed by atoms with Crippen molar-refractivity contribution in [3.05, 3.63) is 11.6 Å². The van der Waals surface area contributed by atoms with Gasteiger partial charge in [-0.1, -0.05) is 26.3 Å². The van der Waals surface area contributed by atoms with Crippen molar-refractivity contribution in [1.29, 1.82) is 0 Å². The van der Waals surface area contributed by atoms with Gasteiger partial charge in [-0.25, -0.2) is 9.59 Å². The van der Waals surface area contributed by atoms with Gasteiger partial charge in [-0.2, -0.15) is 0 Å². The van der Waals surface area contributed by atoms with Crippen LogP contribution in [-0.4, -0.2) is 23.7 Å². The summed E-state index contributed by atoms with van der Waals surface area (Å²) in [5.41, 5.74) is -0.274. The lowest BCUT2D eigenvalue weighted by molar-refractivity contribution is -0.144. The molecule has 0 spiro atoms. The molecular weight excluding hydrogens is 184 g/mol. The first-order chi connectivity index (χ1) is 6.63. The molecule has 4 nitrogen and oxygen atoms in total. The molecule has 0 saturated carbocycles. The Balaban J connectivity index is 4.17. The van der Waals surface area contributed by atoms with Crippen LogP contribution in [0.25, 0.3) is 0 Å². The van der Waals surface area contributed by atoms with Gasteiger partial charge in [0, 0.05) is 0 Å². The van der Waals surface area contributed by atoms with E-state index in [4.69, 9.17) is 9.84 Å². The van der Waals surface area contributed by atoms with E-state index in [-0.39, 0.29) is 12.2 Å². The molecule has 0 aliphatic carbocycles. The average Bonchev–Trinajstić information content (AvgIpc) is 2.13. The van der Waals surface area contributed by atoms with Gasteiger partial charge in [0.15, 0.2) is 0 Å². The van der Waals surface area contributed by atoms with E-state index < -0.39 is 11.9 Å². The molecule has 0 rings (SSSR count). The molecule has 1 N–H and O–H groups in total. The average molecular weight is 200 g/mol. The van der Waals surface area contributed by atoms with Crippen molar-refractivity contribution in [1.82, 2.24) is 0 Å². The van der Waals surface area contributed by atoms with Crippen LogP contribution < -0.4 is 0 Å². The number of aliphatic carboxylic acids is 1. The van der Waals surface area contributed by atoms with Crippen molar-refractivity contribution < 1.29 is 19.4 Å². The van der Waals surface area contributed by atoms with Crippen molar-refractivity contribution in [3.8, 4) is 0 Å². The van der Waals surface area contributed by atoms with Crippen molar-refractivity contribution in [2.75, 3.05) is 6.61 Å². The molecule has 80 valence electrons. The van der Waals surface area contributed by atoms with Crippen LogP contribution >= 0.6 is 0 Å². The molecule has 0 heterocycles. The second kappa shape index (κ2) is 7.12. The number of carbonyl (C=O) groups excluding carboxylic acids is 1. The zero-order valence-electron chi connectivity index (χ0n) is 8.58. The summed E-state index contributed by atoms with van der Waals surface area (Å²) in [5.74, 6) is -1.97. The summed E-state index contributed by atoms with van der Waals surface area (Å²) in [6.07, 6.45) is 3.53. The van der Waals surface area contributed by atoms with E-state index in [2.05, 4.69) is 0 Å². The predicted molar refractivity (Wildman–Crippen MR) is 51.9 cm³/mol. The van der Waals surface area contributed by atoms with E-state index in [1.165, 1.54) is 6.08 Å². The summed E-state index contributed by atoms with van der Waals surface area (Å²) >= 11 is 0. The summed E-state index contributed by atoms with van der Waals surface area (Å²) in [6, 6.07) is 0. The van der Waals surface area contributed by atoms with Crippen LogP contribution in [-0.2, 0) is 14.3 Å². The molecule has 0 atom stereocenters. The normalized spacial score (nSPS) is 11.1. The number of hydrogen-bond donors (Lipinski definition) is 1. The molecule has 0 aromatic rings. The van der Waals surface area contributed by atoms with Crippen LogP contribution in [0.2, 0.25) is 0 Å². The molecule has 4 heteroatoms. The van der Waals surface area contributed by atoms with E-state index in [0.717, 1.165) is 12.8 Å². The number of esters is 1. The summed E-state index contributed by atoms with van der Waals surface area (Å²) in [5, 5.41) is 8.66. The summed E-state index contributed by atoms with van der Waals surface area (Å²) < 4.78 is 4.77. The van der Waals surface area contributed by atoms with Crippen LogP contribution in [0.1, 0.15) is 33.1 Å². The molecule has 0 aliphatic heterocycles. The maximum atomic E-state index is 11.2. The van der Waals surface area contributed by atoms with Gasteiger partial charge in [-0.3, -0.25) is 0 Å². The van der Waals surface area contributed by atoms with Gasteiger partial charge in [-0.05, 0) is 12.8 Å². The van der Waals surface area contributed by atoms with Crippen molar-refractivity contribution >= 4 is 11.9 Å². The topological polar surface area (TPSA) is 63.6 Å². The second-order valence-electron chi connectivity index (χ2n) is 2.82. The fraction of sp³-hybridized carbons (Fsp3) is 0.600. The third-order valence-electron chi connectivity index (χ3n) is 1.59. The first-order valence-electron chi connectivity index (χ1n) is 4.74. The van der Waals surface area contributed by atoms with E-state index in [0.29, 0.717) is 6.42 Å². The van der Waals surface area contributed by atoms with Crippen LogP contribution in [0.15, 0.2) is 11.6 Å². The molecule has 0 unspecified atom stereocenters. The highest BCUT2D eigenvalue weighted by Gasteiger charge is 2.17. The number of rotatable bonds is 6. The highest BCUT2D eigenvalue weighted by Crippen LogP contribution is 2.01.